The molecule has 21 heavy (non-hydrogen) atoms. The lowest BCUT2D eigenvalue weighted by atomic mass is 10.3. The first kappa shape index (κ1) is 15.1. The Labute approximate surface area is 128 Å². The summed E-state index contributed by atoms with van der Waals surface area (Å²) in [6, 6.07) is 5.45. The predicted octanol–water partition coefficient (Wildman–Crippen LogP) is 3.45. The molecule has 2 aromatic rings. The van der Waals surface area contributed by atoms with Gasteiger partial charge in [-0.25, -0.2) is 13.4 Å². The number of rotatable bonds is 6. The first-order chi connectivity index (χ1) is 10.1. The van der Waals surface area contributed by atoms with E-state index in [-0.39, 0.29) is 11.5 Å². The van der Waals surface area contributed by atoms with Crippen LogP contribution in [0.25, 0.3) is 11.4 Å². The van der Waals surface area contributed by atoms with Crippen molar-refractivity contribution in [1.29, 1.82) is 0 Å². The van der Waals surface area contributed by atoms with Crippen LogP contribution in [0.1, 0.15) is 1.43 Å². The van der Waals surface area contributed by atoms with Gasteiger partial charge in [-0.1, -0.05) is 25.3 Å². The smallest absolute Gasteiger partial charge is 0.255 e. The van der Waals surface area contributed by atoms with Crippen LogP contribution in [-0.4, -0.2) is 18.4 Å². The third-order valence-corrected chi connectivity index (χ3v) is 4.72. The van der Waals surface area contributed by atoms with Crippen molar-refractivity contribution in [1.82, 2.24) is 9.97 Å². The summed E-state index contributed by atoms with van der Waals surface area (Å²) in [6.45, 7) is 6.95. The SMILES string of the molecule is C=C/C=C(\C=C)S(=O)(=O)Nc1nc(-c2ccccn2)cs1.[HH]. The van der Waals surface area contributed by atoms with Crippen molar-refractivity contribution in [3.8, 4) is 11.4 Å². The van der Waals surface area contributed by atoms with E-state index in [2.05, 4.69) is 27.8 Å². The molecule has 110 valence electrons. The topological polar surface area (TPSA) is 72.0 Å². The summed E-state index contributed by atoms with van der Waals surface area (Å²) in [5.74, 6) is 0. The molecular formula is C14H15N3O2S2. The van der Waals surface area contributed by atoms with Crippen LogP contribution < -0.4 is 4.72 Å². The molecular weight excluding hydrogens is 306 g/mol. The van der Waals surface area contributed by atoms with Crippen molar-refractivity contribution in [2.24, 2.45) is 0 Å². The van der Waals surface area contributed by atoms with Crippen molar-refractivity contribution >= 4 is 26.5 Å². The van der Waals surface area contributed by atoms with Gasteiger partial charge in [0.25, 0.3) is 10.0 Å². The predicted molar refractivity (Wildman–Crippen MR) is 88.5 cm³/mol. The highest BCUT2D eigenvalue weighted by molar-refractivity contribution is 7.96. The highest BCUT2D eigenvalue weighted by Crippen LogP contribution is 2.25. The zero-order valence-electron chi connectivity index (χ0n) is 11.1. The molecule has 0 spiro atoms. The number of sulfonamides is 1. The zero-order valence-corrected chi connectivity index (χ0v) is 12.7. The average molecular weight is 321 g/mol. The fraction of sp³-hybridized carbons (Fsp3) is 0. The van der Waals surface area contributed by atoms with E-state index in [0.29, 0.717) is 11.4 Å². The molecule has 0 saturated carbocycles. The van der Waals surface area contributed by atoms with E-state index in [1.807, 2.05) is 6.07 Å². The number of anilines is 1. The Kier molecular flexibility index (Phi) is 4.66. The normalized spacial score (nSPS) is 11.9. The van der Waals surface area contributed by atoms with E-state index in [4.69, 9.17) is 0 Å². The first-order valence-electron chi connectivity index (χ1n) is 5.91. The van der Waals surface area contributed by atoms with Gasteiger partial charge in [-0.3, -0.25) is 9.71 Å². The van der Waals surface area contributed by atoms with E-state index >= 15 is 0 Å². The van der Waals surface area contributed by atoms with Gasteiger partial charge in [0.05, 0.1) is 10.6 Å². The molecule has 0 saturated heterocycles. The summed E-state index contributed by atoms with van der Waals surface area (Å²) in [4.78, 5) is 8.42. The lowest BCUT2D eigenvalue weighted by Gasteiger charge is -2.04. The van der Waals surface area contributed by atoms with Crippen LogP contribution in [0.3, 0.4) is 0 Å². The zero-order chi connectivity index (χ0) is 15.3. The lowest BCUT2D eigenvalue weighted by Crippen LogP contribution is -2.13. The minimum Gasteiger partial charge on any atom is -0.255 e. The quantitative estimate of drug-likeness (QED) is 0.827. The van der Waals surface area contributed by atoms with Crippen LogP contribution >= 0.6 is 11.3 Å². The molecule has 0 fully saturated rings. The summed E-state index contributed by atoms with van der Waals surface area (Å²) >= 11 is 1.19. The molecule has 0 atom stereocenters. The van der Waals surface area contributed by atoms with Crippen LogP contribution in [0.5, 0.6) is 0 Å². The lowest BCUT2D eigenvalue weighted by molar-refractivity contribution is 0.608. The summed E-state index contributed by atoms with van der Waals surface area (Å²) in [6.07, 6.45) is 5.65. The van der Waals surface area contributed by atoms with Crippen LogP contribution in [0.2, 0.25) is 0 Å². The number of allylic oxidation sites excluding steroid dienone is 3. The molecule has 7 heteroatoms. The van der Waals surface area contributed by atoms with Crippen molar-refractivity contribution < 1.29 is 9.84 Å². The summed E-state index contributed by atoms with van der Waals surface area (Å²) in [5, 5.41) is 2.01. The molecule has 0 unspecified atom stereocenters. The van der Waals surface area contributed by atoms with E-state index in [1.165, 1.54) is 29.6 Å². The van der Waals surface area contributed by atoms with Crippen molar-refractivity contribution in [2.45, 2.75) is 0 Å². The maximum atomic E-state index is 12.1. The van der Waals surface area contributed by atoms with Crippen LogP contribution in [0.4, 0.5) is 5.13 Å². The van der Waals surface area contributed by atoms with Crippen LogP contribution in [0, 0.1) is 0 Å². The summed E-state index contributed by atoms with van der Waals surface area (Å²) < 4.78 is 26.6. The largest absolute Gasteiger partial charge is 0.263 e. The minimum absolute atomic E-state index is 0. The molecule has 2 aromatic heterocycles. The second kappa shape index (κ2) is 6.47. The molecule has 0 aromatic carbocycles. The van der Waals surface area contributed by atoms with Gasteiger partial charge in [0, 0.05) is 13.0 Å². The number of aromatic nitrogens is 2. The van der Waals surface area contributed by atoms with Crippen molar-refractivity contribution in [3.63, 3.8) is 0 Å². The average Bonchev–Trinajstić information content (AvgIpc) is 2.93. The van der Waals surface area contributed by atoms with Gasteiger partial charge in [-0.05, 0) is 24.3 Å². The van der Waals surface area contributed by atoms with Gasteiger partial charge in [0.2, 0.25) is 0 Å². The molecule has 2 rings (SSSR count). The fourth-order valence-corrected chi connectivity index (χ4v) is 3.47. The highest BCUT2D eigenvalue weighted by Gasteiger charge is 2.16. The maximum absolute atomic E-state index is 12.1. The molecule has 0 aliphatic carbocycles. The molecule has 0 bridgehead atoms. The molecule has 5 nitrogen and oxygen atoms in total. The first-order valence-corrected chi connectivity index (χ1v) is 8.28. The summed E-state index contributed by atoms with van der Waals surface area (Å²) in [7, 11) is -3.71. The van der Waals surface area contributed by atoms with E-state index < -0.39 is 10.0 Å². The molecule has 0 radical (unpaired) electrons. The molecule has 0 amide bonds. The third kappa shape index (κ3) is 3.65. The van der Waals surface area contributed by atoms with Gasteiger partial charge in [-0.2, -0.15) is 0 Å². The van der Waals surface area contributed by atoms with Crippen molar-refractivity contribution in [2.75, 3.05) is 4.72 Å². The number of nitrogens with one attached hydrogen (secondary N) is 1. The molecule has 0 aliphatic heterocycles. The summed E-state index contributed by atoms with van der Waals surface area (Å²) in [5.41, 5.74) is 1.30. The maximum Gasteiger partial charge on any atom is 0.263 e. The Hall–Kier alpha value is -2.25. The van der Waals surface area contributed by atoms with Gasteiger partial charge >= 0.3 is 0 Å². The number of hydrogen-bond acceptors (Lipinski definition) is 5. The van der Waals surface area contributed by atoms with Gasteiger partial charge in [0.1, 0.15) is 5.69 Å². The van der Waals surface area contributed by atoms with E-state index in [9.17, 15) is 8.42 Å². The third-order valence-electron chi connectivity index (χ3n) is 2.45. The van der Waals surface area contributed by atoms with Gasteiger partial charge in [-0.15, -0.1) is 11.3 Å². The Bertz CT molecular complexity index is 783. The highest BCUT2D eigenvalue weighted by atomic mass is 32.2. The van der Waals surface area contributed by atoms with Crippen molar-refractivity contribution in [3.05, 3.63) is 66.1 Å². The molecule has 2 heterocycles. The monoisotopic (exact) mass is 321 g/mol. The Morgan fingerprint density at radius 2 is 2.14 bits per heavy atom. The Morgan fingerprint density at radius 3 is 2.76 bits per heavy atom. The number of pyridine rings is 1. The van der Waals surface area contributed by atoms with E-state index in [1.54, 1.807) is 23.7 Å². The second-order valence-corrected chi connectivity index (χ2v) is 6.41. The second-order valence-electron chi connectivity index (χ2n) is 3.87. The Balaban J connectivity index is 0.00000242. The van der Waals surface area contributed by atoms with Crippen LogP contribution in [0.15, 0.2) is 66.1 Å². The number of hydrogen-bond donors (Lipinski definition) is 1. The minimum atomic E-state index is -3.71. The molecule has 1 N–H and O–H groups in total. The van der Waals surface area contributed by atoms with Crippen LogP contribution in [-0.2, 0) is 10.0 Å². The number of nitrogens with zero attached hydrogens (tertiary/aromatic N) is 2. The standard InChI is InChI=1S/C14H13N3O2S2.H2/c1-3-7-11(4-2)21(18,19)17-14-16-13(10-20-14)12-8-5-6-9-15-12;/h3-10H,1-2H2,(H,16,17);1H/b11-7+;. The van der Waals surface area contributed by atoms with E-state index in [0.717, 1.165) is 0 Å². The molecule has 0 aliphatic rings. The Morgan fingerprint density at radius 1 is 1.33 bits per heavy atom. The fourth-order valence-electron chi connectivity index (χ4n) is 1.51. The van der Waals surface area contributed by atoms with Gasteiger partial charge < -0.3 is 0 Å². The number of thiazole rings is 1. The van der Waals surface area contributed by atoms with Gasteiger partial charge in [0.15, 0.2) is 5.13 Å².